The molecule has 1 unspecified atom stereocenters. The van der Waals surface area contributed by atoms with Gasteiger partial charge in [0.2, 0.25) is 0 Å². The minimum Gasteiger partial charge on any atom is -0.444 e. The molecule has 98 valence electrons. The fraction of sp³-hybridized carbons (Fsp3) is 0.923. The van der Waals surface area contributed by atoms with Gasteiger partial charge in [0.15, 0.2) is 0 Å². The Kier molecular flexibility index (Phi) is 2.89. The fourth-order valence-corrected chi connectivity index (χ4v) is 2.57. The first-order valence-corrected chi connectivity index (χ1v) is 6.42. The minimum absolute atomic E-state index is 0.189. The molecule has 17 heavy (non-hydrogen) atoms. The van der Waals surface area contributed by atoms with E-state index in [1.54, 1.807) is 0 Å². The molecule has 1 amide bonds. The van der Waals surface area contributed by atoms with E-state index in [4.69, 9.17) is 9.47 Å². The zero-order valence-corrected chi connectivity index (χ0v) is 11.3. The average molecular weight is 241 g/mol. The number of nitrogens with one attached hydrogen (secondary N) is 1. The van der Waals surface area contributed by atoms with Crippen LogP contribution in [-0.4, -0.2) is 29.4 Å². The van der Waals surface area contributed by atoms with Crippen LogP contribution < -0.4 is 5.32 Å². The summed E-state index contributed by atoms with van der Waals surface area (Å²) in [4.78, 5) is 11.8. The van der Waals surface area contributed by atoms with Gasteiger partial charge in [0.25, 0.3) is 0 Å². The number of amides is 1. The van der Waals surface area contributed by atoms with Gasteiger partial charge in [0, 0.05) is 6.61 Å². The van der Waals surface area contributed by atoms with Crippen LogP contribution >= 0.6 is 0 Å². The van der Waals surface area contributed by atoms with Crippen molar-refractivity contribution in [3.05, 3.63) is 0 Å². The third-order valence-electron chi connectivity index (χ3n) is 3.72. The number of carbonyl (C=O) groups excluding carboxylic acids is 1. The van der Waals surface area contributed by atoms with Crippen LogP contribution in [0.3, 0.4) is 0 Å². The highest BCUT2D eigenvalue weighted by Crippen LogP contribution is 2.51. The predicted molar refractivity (Wildman–Crippen MR) is 64.9 cm³/mol. The van der Waals surface area contributed by atoms with E-state index in [9.17, 15) is 4.79 Å². The van der Waals surface area contributed by atoms with Crippen LogP contribution in [0.5, 0.6) is 0 Å². The molecule has 2 fully saturated rings. The van der Waals surface area contributed by atoms with Crippen LogP contribution in [0.1, 0.15) is 53.4 Å². The number of hydrogen-bond acceptors (Lipinski definition) is 3. The molecule has 0 aromatic carbocycles. The van der Waals surface area contributed by atoms with Crippen molar-refractivity contribution in [3.63, 3.8) is 0 Å². The van der Waals surface area contributed by atoms with Crippen LogP contribution in [0.4, 0.5) is 4.79 Å². The third-order valence-corrected chi connectivity index (χ3v) is 3.72. The van der Waals surface area contributed by atoms with Crippen molar-refractivity contribution >= 4 is 6.09 Å². The Morgan fingerprint density at radius 2 is 1.94 bits per heavy atom. The summed E-state index contributed by atoms with van der Waals surface area (Å²) in [7, 11) is 0. The van der Waals surface area contributed by atoms with E-state index < -0.39 is 5.60 Å². The molecule has 0 radical (unpaired) electrons. The van der Waals surface area contributed by atoms with Gasteiger partial charge in [-0.25, -0.2) is 4.79 Å². The first-order chi connectivity index (χ1) is 7.77. The second-order valence-electron chi connectivity index (χ2n) is 6.39. The number of rotatable bonds is 2. The number of hydrogen-bond donors (Lipinski definition) is 1. The summed E-state index contributed by atoms with van der Waals surface area (Å²) >= 11 is 0. The van der Waals surface area contributed by atoms with E-state index in [1.807, 2.05) is 20.8 Å². The topological polar surface area (TPSA) is 47.6 Å². The van der Waals surface area contributed by atoms with Crippen molar-refractivity contribution < 1.29 is 14.3 Å². The molecule has 2 aliphatic rings. The summed E-state index contributed by atoms with van der Waals surface area (Å²) < 4.78 is 11.1. The molecule has 1 atom stereocenters. The molecule has 1 N–H and O–H groups in total. The van der Waals surface area contributed by atoms with E-state index in [0.717, 1.165) is 32.3 Å². The van der Waals surface area contributed by atoms with E-state index in [-0.39, 0.29) is 17.2 Å². The van der Waals surface area contributed by atoms with Gasteiger partial charge < -0.3 is 14.8 Å². The highest BCUT2D eigenvalue weighted by atomic mass is 16.6. The van der Waals surface area contributed by atoms with Crippen LogP contribution in [0.2, 0.25) is 0 Å². The molecule has 0 aromatic heterocycles. The summed E-state index contributed by atoms with van der Waals surface area (Å²) in [6.45, 7) is 8.53. The van der Waals surface area contributed by atoms with E-state index in [1.165, 1.54) is 0 Å². The summed E-state index contributed by atoms with van der Waals surface area (Å²) in [5.74, 6) is 0. The average Bonchev–Trinajstić information content (AvgIpc) is 2.78. The summed E-state index contributed by atoms with van der Waals surface area (Å²) in [6, 6.07) is 0. The Morgan fingerprint density at radius 1 is 1.29 bits per heavy atom. The Hall–Kier alpha value is -0.770. The Bertz CT molecular complexity index is 309. The van der Waals surface area contributed by atoms with Gasteiger partial charge in [-0.2, -0.15) is 0 Å². The quantitative estimate of drug-likeness (QED) is 0.808. The largest absolute Gasteiger partial charge is 0.444 e. The highest BCUT2D eigenvalue weighted by Gasteiger charge is 2.60. The summed E-state index contributed by atoms with van der Waals surface area (Å²) in [6.07, 6.45) is 3.74. The molecule has 4 heteroatoms. The zero-order valence-electron chi connectivity index (χ0n) is 11.3. The lowest BCUT2D eigenvalue weighted by atomic mass is 9.90. The number of alkyl carbamates (subject to hydrolysis) is 1. The van der Waals surface area contributed by atoms with Gasteiger partial charge in [-0.3, -0.25) is 0 Å². The number of carbonyl (C=O) groups is 1. The lowest BCUT2D eigenvalue weighted by Gasteiger charge is -2.35. The fourth-order valence-electron chi connectivity index (χ4n) is 2.57. The second-order valence-corrected chi connectivity index (χ2v) is 6.39. The highest BCUT2D eigenvalue weighted by molar-refractivity contribution is 5.69. The van der Waals surface area contributed by atoms with Crippen molar-refractivity contribution in [2.75, 3.05) is 6.61 Å². The molecule has 1 aliphatic heterocycles. The van der Waals surface area contributed by atoms with Crippen LogP contribution in [0.15, 0.2) is 0 Å². The molecule has 0 bridgehead atoms. The third kappa shape index (κ3) is 2.57. The smallest absolute Gasteiger partial charge is 0.408 e. The molecule has 1 saturated heterocycles. The molecular weight excluding hydrogens is 218 g/mol. The number of ether oxygens (including phenoxy) is 2. The molecule has 4 nitrogen and oxygen atoms in total. The molecular formula is C13H23NO3. The standard InChI is InChI=1S/C13H23NO3/c1-11(2,3)17-10(15)14-13(7-8-13)12(4)6-5-9-16-12/h5-9H2,1-4H3,(H,14,15). The Morgan fingerprint density at radius 3 is 2.35 bits per heavy atom. The molecule has 0 aromatic rings. The molecule has 1 saturated carbocycles. The molecule has 1 heterocycles. The molecule has 1 aliphatic carbocycles. The van der Waals surface area contributed by atoms with Crippen LogP contribution in [0, 0.1) is 0 Å². The van der Waals surface area contributed by atoms with Gasteiger partial charge in [-0.1, -0.05) is 0 Å². The van der Waals surface area contributed by atoms with Crippen molar-refractivity contribution in [1.82, 2.24) is 5.32 Å². The van der Waals surface area contributed by atoms with Crippen molar-refractivity contribution in [3.8, 4) is 0 Å². The molecule has 2 rings (SSSR count). The first-order valence-electron chi connectivity index (χ1n) is 6.42. The second kappa shape index (κ2) is 3.87. The normalized spacial score (nSPS) is 31.1. The Labute approximate surface area is 103 Å². The monoisotopic (exact) mass is 241 g/mol. The van der Waals surface area contributed by atoms with Gasteiger partial charge in [-0.15, -0.1) is 0 Å². The van der Waals surface area contributed by atoms with Gasteiger partial charge in [0.1, 0.15) is 5.60 Å². The minimum atomic E-state index is -0.447. The van der Waals surface area contributed by atoms with Crippen molar-refractivity contribution in [2.45, 2.75) is 70.1 Å². The van der Waals surface area contributed by atoms with Crippen molar-refractivity contribution in [1.29, 1.82) is 0 Å². The maximum absolute atomic E-state index is 11.8. The predicted octanol–water partition coefficient (Wildman–Crippen LogP) is 2.61. The lowest BCUT2D eigenvalue weighted by molar-refractivity contribution is -0.0263. The van der Waals surface area contributed by atoms with Gasteiger partial charge in [0.05, 0.1) is 11.1 Å². The maximum atomic E-state index is 11.8. The summed E-state index contributed by atoms with van der Waals surface area (Å²) in [5, 5.41) is 3.02. The first kappa shape index (κ1) is 12.7. The van der Waals surface area contributed by atoms with Crippen LogP contribution in [0.25, 0.3) is 0 Å². The van der Waals surface area contributed by atoms with Crippen molar-refractivity contribution in [2.24, 2.45) is 0 Å². The maximum Gasteiger partial charge on any atom is 0.408 e. The summed E-state index contributed by atoms with van der Waals surface area (Å²) in [5.41, 5.74) is -0.840. The van der Waals surface area contributed by atoms with Crippen LogP contribution in [-0.2, 0) is 9.47 Å². The van der Waals surface area contributed by atoms with Gasteiger partial charge >= 0.3 is 6.09 Å². The van der Waals surface area contributed by atoms with Gasteiger partial charge in [-0.05, 0) is 53.4 Å². The lowest BCUT2D eigenvalue weighted by Crippen LogP contribution is -2.54. The Balaban J connectivity index is 1.96. The zero-order chi connectivity index (χ0) is 12.7. The van der Waals surface area contributed by atoms with E-state index in [2.05, 4.69) is 12.2 Å². The van der Waals surface area contributed by atoms with E-state index >= 15 is 0 Å². The molecule has 0 spiro atoms. The SMILES string of the molecule is CC(C)(C)OC(=O)NC1(C2(C)CCCO2)CC1. The van der Waals surface area contributed by atoms with E-state index in [0.29, 0.717) is 0 Å².